The molecular formula is C18H24N6OS. The van der Waals surface area contributed by atoms with Crippen molar-refractivity contribution in [1.29, 1.82) is 0 Å². The van der Waals surface area contributed by atoms with Gasteiger partial charge in [0.25, 0.3) is 0 Å². The van der Waals surface area contributed by atoms with Crippen LogP contribution >= 0.6 is 11.3 Å². The number of urea groups is 1. The molecule has 138 valence electrons. The Labute approximate surface area is 157 Å². The van der Waals surface area contributed by atoms with E-state index in [1.54, 1.807) is 0 Å². The van der Waals surface area contributed by atoms with Crippen molar-refractivity contribution in [2.45, 2.75) is 6.42 Å². The third-order valence-corrected chi connectivity index (χ3v) is 5.04. The van der Waals surface area contributed by atoms with Gasteiger partial charge in [-0.1, -0.05) is 53.8 Å². The van der Waals surface area contributed by atoms with E-state index in [4.69, 9.17) is 5.73 Å². The molecule has 1 aromatic carbocycles. The molecule has 3 N–H and O–H groups in total. The molecule has 7 nitrogen and oxygen atoms in total. The molecule has 1 aliphatic heterocycles. The first-order chi connectivity index (χ1) is 12.7. The highest BCUT2D eigenvalue weighted by Gasteiger charge is 2.20. The lowest BCUT2D eigenvalue weighted by Crippen LogP contribution is -2.51. The molecule has 0 unspecified atom stereocenters. The Balaban J connectivity index is 1.33. The number of aromatic nitrogens is 2. The second-order valence-electron chi connectivity index (χ2n) is 6.12. The van der Waals surface area contributed by atoms with Crippen molar-refractivity contribution >= 4 is 28.6 Å². The molecule has 8 heteroatoms. The van der Waals surface area contributed by atoms with E-state index in [1.165, 1.54) is 16.9 Å². The summed E-state index contributed by atoms with van der Waals surface area (Å²) in [6, 6.07) is 10.3. The van der Waals surface area contributed by atoms with Crippen LogP contribution in [0.3, 0.4) is 0 Å². The number of rotatable bonds is 6. The zero-order valence-corrected chi connectivity index (χ0v) is 15.5. The molecule has 2 amide bonds. The average molecular weight is 372 g/mol. The number of nitrogen functional groups attached to an aromatic ring is 1. The van der Waals surface area contributed by atoms with Crippen LogP contribution < -0.4 is 11.1 Å². The van der Waals surface area contributed by atoms with E-state index < -0.39 is 0 Å². The van der Waals surface area contributed by atoms with Crippen LogP contribution in [0.4, 0.5) is 9.93 Å². The molecule has 0 aliphatic carbocycles. The van der Waals surface area contributed by atoms with Crippen molar-refractivity contribution < 1.29 is 4.79 Å². The first-order valence-electron chi connectivity index (χ1n) is 8.75. The highest BCUT2D eigenvalue weighted by molar-refractivity contribution is 7.15. The van der Waals surface area contributed by atoms with Crippen LogP contribution in [-0.4, -0.2) is 65.3 Å². The maximum Gasteiger partial charge on any atom is 0.317 e. The van der Waals surface area contributed by atoms with Crippen LogP contribution in [-0.2, 0) is 6.42 Å². The van der Waals surface area contributed by atoms with Crippen LogP contribution in [0.2, 0.25) is 0 Å². The zero-order valence-electron chi connectivity index (χ0n) is 14.7. The summed E-state index contributed by atoms with van der Waals surface area (Å²) in [5.74, 6) is 0. The number of nitrogens with zero attached hydrogens (tertiary/aromatic N) is 4. The molecule has 0 atom stereocenters. The van der Waals surface area contributed by atoms with Crippen molar-refractivity contribution in [3.05, 3.63) is 47.0 Å². The Morgan fingerprint density at radius 3 is 2.65 bits per heavy atom. The van der Waals surface area contributed by atoms with Crippen molar-refractivity contribution in [2.24, 2.45) is 0 Å². The van der Waals surface area contributed by atoms with E-state index in [1.807, 2.05) is 23.1 Å². The number of piperazine rings is 1. The third kappa shape index (κ3) is 5.53. The van der Waals surface area contributed by atoms with E-state index >= 15 is 0 Å². The molecule has 2 heterocycles. The van der Waals surface area contributed by atoms with Crippen molar-refractivity contribution in [1.82, 2.24) is 25.3 Å². The number of hydrogen-bond donors (Lipinski definition) is 2. The Hall–Kier alpha value is -2.45. The number of nitrogens with two attached hydrogens (primary N) is 1. The summed E-state index contributed by atoms with van der Waals surface area (Å²) in [6.45, 7) is 4.73. The predicted octanol–water partition coefficient (Wildman–Crippen LogP) is 1.70. The predicted molar refractivity (Wildman–Crippen MR) is 105 cm³/mol. The Bertz CT molecular complexity index is 724. The molecule has 1 aromatic heterocycles. The molecular weight excluding hydrogens is 348 g/mol. The van der Waals surface area contributed by atoms with E-state index in [0.29, 0.717) is 18.1 Å². The lowest BCUT2D eigenvalue weighted by atomic mass is 10.2. The molecule has 2 aromatic rings. The minimum atomic E-state index is -0.0121. The number of nitrogens with one attached hydrogen (secondary N) is 1. The van der Waals surface area contributed by atoms with E-state index in [9.17, 15) is 4.79 Å². The molecule has 26 heavy (non-hydrogen) atoms. The SMILES string of the molecule is Nc1nnc(CCNC(=O)N2CCN(C/C=C/c3ccccc3)CC2)s1. The van der Waals surface area contributed by atoms with E-state index in [0.717, 1.165) is 37.7 Å². The number of carbonyl (C=O) groups is 1. The molecule has 0 radical (unpaired) electrons. The number of hydrogen-bond acceptors (Lipinski definition) is 6. The van der Waals surface area contributed by atoms with Gasteiger partial charge >= 0.3 is 6.03 Å². The van der Waals surface area contributed by atoms with Gasteiger partial charge in [0, 0.05) is 45.7 Å². The summed E-state index contributed by atoms with van der Waals surface area (Å²) in [4.78, 5) is 16.4. The molecule has 0 bridgehead atoms. The van der Waals surface area contributed by atoms with Crippen LogP contribution in [0.1, 0.15) is 10.6 Å². The number of benzene rings is 1. The van der Waals surface area contributed by atoms with Crippen LogP contribution in [0.5, 0.6) is 0 Å². The summed E-state index contributed by atoms with van der Waals surface area (Å²) in [5, 5.41) is 12.0. The van der Waals surface area contributed by atoms with Crippen molar-refractivity contribution in [3.8, 4) is 0 Å². The van der Waals surface area contributed by atoms with E-state index in [2.05, 4.69) is 44.7 Å². The minimum Gasteiger partial charge on any atom is -0.374 e. The second kappa shape index (κ2) is 9.30. The molecule has 1 aliphatic rings. The maximum absolute atomic E-state index is 12.2. The summed E-state index contributed by atoms with van der Waals surface area (Å²) in [5.41, 5.74) is 6.76. The summed E-state index contributed by atoms with van der Waals surface area (Å²) in [7, 11) is 0. The first-order valence-corrected chi connectivity index (χ1v) is 9.57. The summed E-state index contributed by atoms with van der Waals surface area (Å²) in [6.07, 6.45) is 4.98. The normalized spacial score (nSPS) is 15.5. The zero-order chi connectivity index (χ0) is 18.2. The number of amides is 2. The highest BCUT2D eigenvalue weighted by atomic mass is 32.1. The van der Waals surface area contributed by atoms with Crippen LogP contribution in [0.25, 0.3) is 6.08 Å². The van der Waals surface area contributed by atoms with Gasteiger partial charge in [-0.15, -0.1) is 10.2 Å². The van der Waals surface area contributed by atoms with Gasteiger partial charge in [-0.05, 0) is 5.56 Å². The minimum absolute atomic E-state index is 0.0121. The van der Waals surface area contributed by atoms with Crippen LogP contribution in [0.15, 0.2) is 36.4 Å². The standard InChI is InChI=1S/C18H24N6OS/c19-17-22-21-16(26-17)8-9-20-18(25)24-13-11-23(12-14-24)10-4-7-15-5-2-1-3-6-15/h1-7H,8-14H2,(H2,19,22)(H,20,25)/b7-4+. The topological polar surface area (TPSA) is 87.4 Å². The van der Waals surface area contributed by atoms with Gasteiger partial charge < -0.3 is 16.0 Å². The highest BCUT2D eigenvalue weighted by Crippen LogP contribution is 2.11. The number of carbonyl (C=O) groups excluding carboxylic acids is 1. The van der Waals surface area contributed by atoms with Gasteiger partial charge in [-0.25, -0.2) is 4.79 Å². The molecule has 1 fully saturated rings. The lowest BCUT2D eigenvalue weighted by Gasteiger charge is -2.34. The smallest absolute Gasteiger partial charge is 0.317 e. The second-order valence-corrected chi connectivity index (χ2v) is 7.21. The monoisotopic (exact) mass is 372 g/mol. The lowest BCUT2D eigenvalue weighted by molar-refractivity contribution is 0.147. The average Bonchev–Trinajstić information content (AvgIpc) is 3.08. The number of anilines is 1. The Kier molecular flexibility index (Phi) is 6.56. The van der Waals surface area contributed by atoms with Gasteiger partial charge in [0.05, 0.1) is 0 Å². The van der Waals surface area contributed by atoms with Gasteiger partial charge in [-0.3, -0.25) is 4.90 Å². The molecule has 0 saturated carbocycles. The fraction of sp³-hybridized carbons (Fsp3) is 0.389. The first kappa shape index (κ1) is 18.3. The maximum atomic E-state index is 12.2. The third-order valence-electron chi connectivity index (χ3n) is 4.23. The summed E-state index contributed by atoms with van der Waals surface area (Å²) < 4.78 is 0. The van der Waals surface area contributed by atoms with Gasteiger partial charge in [0.1, 0.15) is 5.01 Å². The largest absolute Gasteiger partial charge is 0.374 e. The summed E-state index contributed by atoms with van der Waals surface area (Å²) >= 11 is 1.36. The van der Waals surface area contributed by atoms with Crippen LogP contribution in [0, 0.1) is 0 Å². The molecule has 3 rings (SSSR count). The van der Waals surface area contributed by atoms with Crippen molar-refractivity contribution in [3.63, 3.8) is 0 Å². The van der Waals surface area contributed by atoms with Gasteiger partial charge in [0.2, 0.25) is 5.13 Å². The van der Waals surface area contributed by atoms with Crippen molar-refractivity contribution in [2.75, 3.05) is 45.0 Å². The fourth-order valence-corrected chi connectivity index (χ4v) is 3.40. The molecule has 0 spiro atoms. The van der Waals surface area contributed by atoms with E-state index in [-0.39, 0.29) is 6.03 Å². The Morgan fingerprint density at radius 2 is 1.96 bits per heavy atom. The van der Waals surface area contributed by atoms with Gasteiger partial charge in [0.15, 0.2) is 0 Å². The van der Waals surface area contributed by atoms with Gasteiger partial charge in [-0.2, -0.15) is 0 Å². The Morgan fingerprint density at radius 1 is 1.19 bits per heavy atom. The quantitative estimate of drug-likeness (QED) is 0.806. The fourth-order valence-electron chi connectivity index (χ4n) is 2.79. The molecule has 1 saturated heterocycles.